The maximum absolute atomic E-state index is 5.65. The summed E-state index contributed by atoms with van der Waals surface area (Å²) in [5.41, 5.74) is 5.58. The van der Waals surface area contributed by atoms with Crippen LogP contribution in [-0.4, -0.2) is 19.6 Å². The molecule has 0 radical (unpaired) electrons. The van der Waals surface area contributed by atoms with Crippen molar-refractivity contribution in [3.63, 3.8) is 0 Å². The third kappa shape index (κ3) is 1.19. The molecular weight excluding hydrogens is 180 g/mol. The molecule has 0 spiro atoms. The number of nitrogen functional groups attached to an aromatic ring is 1. The van der Waals surface area contributed by atoms with Crippen molar-refractivity contribution in [3.8, 4) is 0 Å². The predicted octanol–water partition coefficient (Wildman–Crippen LogP) is -0.251. The zero-order valence-electron chi connectivity index (χ0n) is 8.47. The lowest BCUT2D eigenvalue weighted by atomic mass is 10.1. The Morgan fingerprint density at radius 2 is 2.07 bits per heavy atom. The molecule has 2 aromatic heterocycles. The number of nitrogens with two attached hydrogens (primary N) is 1. The zero-order chi connectivity index (χ0) is 10.3. The summed E-state index contributed by atoms with van der Waals surface area (Å²) in [5.74, 6) is 1.04. The molecular formula is C8H13N6+. The topological polar surface area (TPSA) is 73.0 Å². The highest BCUT2D eigenvalue weighted by Crippen LogP contribution is 2.06. The minimum absolute atomic E-state index is 0.0669. The first-order chi connectivity index (χ1) is 6.50. The van der Waals surface area contributed by atoms with Gasteiger partial charge in [-0.15, -0.1) is 0 Å². The number of anilines is 1. The fourth-order valence-electron chi connectivity index (χ4n) is 1.25. The number of fused-ring (bicyclic) bond motifs is 1. The van der Waals surface area contributed by atoms with E-state index in [1.54, 1.807) is 6.33 Å². The molecule has 2 aromatic rings. The highest BCUT2D eigenvalue weighted by Gasteiger charge is 2.24. The number of aromatic nitrogens is 5. The molecule has 0 fully saturated rings. The van der Waals surface area contributed by atoms with E-state index < -0.39 is 0 Å². The number of hydrogen-bond acceptors (Lipinski definition) is 4. The van der Waals surface area contributed by atoms with E-state index in [0.29, 0.717) is 11.7 Å². The van der Waals surface area contributed by atoms with E-state index in [-0.39, 0.29) is 5.54 Å². The molecule has 0 aliphatic heterocycles. The summed E-state index contributed by atoms with van der Waals surface area (Å²) in [4.78, 5) is 8.00. The zero-order valence-corrected chi connectivity index (χ0v) is 8.47. The van der Waals surface area contributed by atoms with Crippen LogP contribution < -0.4 is 10.3 Å². The molecule has 2 heterocycles. The first-order valence-electron chi connectivity index (χ1n) is 4.36. The van der Waals surface area contributed by atoms with Crippen molar-refractivity contribution in [1.82, 2.24) is 19.6 Å². The monoisotopic (exact) mass is 193 g/mol. The largest absolute Gasteiger partial charge is 0.392 e. The van der Waals surface area contributed by atoms with Crippen molar-refractivity contribution in [3.05, 3.63) is 12.7 Å². The van der Waals surface area contributed by atoms with Gasteiger partial charge in [-0.1, -0.05) is 4.98 Å². The van der Waals surface area contributed by atoms with Gasteiger partial charge in [-0.25, -0.2) is 4.57 Å². The average Bonchev–Trinajstić information content (AvgIpc) is 2.47. The lowest BCUT2D eigenvalue weighted by molar-refractivity contribution is -0.733. The fraction of sp³-hybridized carbons (Fsp3) is 0.500. The molecule has 6 heteroatoms. The molecule has 0 atom stereocenters. The van der Waals surface area contributed by atoms with E-state index in [1.165, 1.54) is 10.8 Å². The van der Waals surface area contributed by atoms with Crippen LogP contribution in [-0.2, 0) is 5.54 Å². The van der Waals surface area contributed by atoms with Gasteiger partial charge < -0.3 is 5.73 Å². The molecule has 0 unspecified atom stereocenters. The van der Waals surface area contributed by atoms with E-state index >= 15 is 0 Å². The second-order valence-corrected chi connectivity index (χ2v) is 4.12. The maximum Gasteiger partial charge on any atom is 0.392 e. The second-order valence-electron chi connectivity index (χ2n) is 4.12. The third-order valence-electron chi connectivity index (χ3n) is 1.99. The van der Waals surface area contributed by atoms with Crippen LogP contribution in [0, 0.1) is 0 Å². The molecule has 0 aliphatic carbocycles. The van der Waals surface area contributed by atoms with Crippen LogP contribution in [0.5, 0.6) is 0 Å². The highest BCUT2D eigenvalue weighted by molar-refractivity contribution is 5.27. The molecule has 0 amide bonds. The normalized spacial score (nSPS) is 12.2. The molecule has 74 valence electrons. The van der Waals surface area contributed by atoms with Crippen LogP contribution in [0.1, 0.15) is 20.8 Å². The quantitative estimate of drug-likeness (QED) is 0.585. The number of nitrogens with zero attached hydrogens (tertiary/aromatic N) is 5. The molecule has 6 nitrogen and oxygen atoms in total. The van der Waals surface area contributed by atoms with E-state index in [2.05, 4.69) is 35.8 Å². The van der Waals surface area contributed by atoms with E-state index in [9.17, 15) is 0 Å². The minimum atomic E-state index is -0.0669. The average molecular weight is 193 g/mol. The summed E-state index contributed by atoms with van der Waals surface area (Å²) in [6.07, 6.45) is 3.15. The van der Waals surface area contributed by atoms with Crippen LogP contribution in [0.2, 0.25) is 0 Å². The summed E-state index contributed by atoms with van der Waals surface area (Å²) >= 11 is 0. The number of rotatable bonds is 0. The minimum Gasteiger partial charge on any atom is -0.357 e. The Morgan fingerprint density at radius 3 is 2.71 bits per heavy atom. The molecule has 0 saturated heterocycles. The molecule has 0 bridgehead atoms. The Morgan fingerprint density at radius 1 is 1.36 bits per heavy atom. The SMILES string of the molecule is CC(C)(C)[n+]1cnn2c(N)ncnc21. The van der Waals surface area contributed by atoms with Crippen molar-refractivity contribution >= 4 is 11.7 Å². The van der Waals surface area contributed by atoms with Gasteiger partial charge in [0.25, 0.3) is 5.95 Å². The molecule has 0 aliphatic rings. The van der Waals surface area contributed by atoms with Crippen molar-refractivity contribution in [2.24, 2.45) is 0 Å². The summed E-state index contributed by atoms with van der Waals surface area (Å²) in [6.45, 7) is 6.23. The second kappa shape index (κ2) is 2.63. The lowest BCUT2D eigenvalue weighted by Crippen LogP contribution is -2.49. The summed E-state index contributed by atoms with van der Waals surface area (Å²) in [5, 5.41) is 4.11. The van der Waals surface area contributed by atoms with Crippen LogP contribution in [0.15, 0.2) is 12.7 Å². The van der Waals surface area contributed by atoms with Crippen LogP contribution in [0.25, 0.3) is 5.78 Å². The third-order valence-corrected chi connectivity index (χ3v) is 1.99. The smallest absolute Gasteiger partial charge is 0.357 e. The van der Waals surface area contributed by atoms with Gasteiger partial charge in [-0.05, 0) is 30.4 Å². The van der Waals surface area contributed by atoms with Gasteiger partial charge in [0.1, 0.15) is 0 Å². The summed E-state index contributed by atoms with van der Waals surface area (Å²) in [6, 6.07) is 0. The Hall–Kier alpha value is -1.72. The van der Waals surface area contributed by atoms with Gasteiger partial charge >= 0.3 is 5.78 Å². The first kappa shape index (κ1) is 8.86. The summed E-state index contributed by atoms with van der Waals surface area (Å²) < 4.78 is 3.47. The van der Waals surface area contributed by atoms with Gasteiger partial charge in [-0.2, -0.15) is 4.98 Å². The van der Waals surface area contributed by atoms with Crippen LogP contribution in [0.4, 0.5) is 5.95 Å². The van der Waals surface area contributed by atoms with E-state index in [4.69, 9.17) is 5.73 Å². The van der Waals surface area contributed by atoms with Gasteiger partial charge in [0, 0.05) is 0 Å². The van der Waals surface area contributed by atoms with Crippen molar-refractivity contribution in [1.29, 1.82) is 0 Å². The van der Waals surface area contributed by atoms with Crippen molar-refractivity contribution < 1.29 is 4.57 Å². The molecule has 0 saturated carbocycles. The molecule has 0 aromatic carbocycles. The maximum atomic E-state index is 5.65. The number of hydrogen-bond donors (Lipinski definition) is 1. The van der Waals surface area contributed by atoms with Gasteiger partial charge in [0.15, 0.2) is 6.33 Å². The standard InChI is InChI=1S/C8H12N6/c1-8(2,3)13-5-12-14-6(9)10-4-11-7(13)14/h4-5,9H,1-3H3/p+1. The first-order valence-corrected chi connectivity index (χ1v) is 4.36. The molecule has 2 N–H and O–H groups in total. The molecule has 14 heavy (non-hydrogen) atoms. The van der Waals surface area contributed by atoms with Crippen LogP contribution in [0.3, 0.4) is 0 Å². The van der Waals surface area contributed by atoms with Gasteiger partial charge in [0.05, 0.1) is 5.54 Å². The molecule has 2 rings (SSSR count). The Balaban J connectivity index is 2.76. The van der Waals surface area contributed by atoms with Gasteiger partial charge in [0.2, 0.25) is 6.33 Å². The van der Waals surface area contributed by atoms with E-state index in [1.807, 2.05) is 4.57 Å². The van der Waals surface area contributed by atoms with Crippen LogP contribution >= 0.6 is 0 Å². The Labute approximate surface area is 81.4 Å². The van der Waals surface area contributed by atoms with Crippen molar-refractivity contribution in [2.75, 3.05) is 5.73 Å². The lowest BCUT2D eigenvalue weighted by Gasteiger charge is -2.14. The predicted molar refractivity (Wildman–Crippen MR) is 50.4 cm³/mol. The Kier molecular flexibility index (Phi) is 1.67. The van der Waals surface area contributed by atoms with Crippen molar-refractivity contribution in [2.45, 2.75) is 26.3 Å². The fourth-order valence-corrected chi connectivity index (χ4v) is 1.25. The summed E-state index contributed by atoms with van der Waals surface area (Å²) in [7, 11) is 0. The Bertz CT molecular complexity index is 466. The highest BCUT2D eigenvalue weighted by atomic mass is 15.4. The van der Waals surface area contributed by atoms with E-state index in [0.717, 1.165) is 0 Å². The van der Waals surface area contributed by atoms with Gasteiger partial charge in [-0.3, -0.25) is 0 Å².